The molecule has 579 valence electrons. The molecule has 92 heavy (non-hydrogen) atoms. The molecule has 7 aliphatic carbocycles. The van der Waals surface area contributed by atoms with Gasteiger partial charge in [0.25, 0.3) is 0 Å². The monoisotopic (exact) mass is 1830 g/mol. The second kappa shape index (κ2) is 90.3. The third-order valence-corrected chi connectivity index (χ3v) is 23.9. The molecule has 0 N–H and O–H groups in total. The Bertz CT molecular complexity index is 973. The maximum Gasteiger partial charge on any atom is 4.00 e. The summed E-state index contributed by atoms with van der Waals surface area (Å²) < 4.78 is 0. The minimum atomic E-state index is 0. The van der Waals surface area contributed by atoms with E-state index < -0.39 is 0 Å². The first kappa shape index (κ1) is 167. The normalized spacial score (nSPS) is 35.6. The topological polar surface area (TPSA) is 0 Å². The number of hydrogen-bond acceptors (Lipinski definition) is 0. The van der Waals surface area contributed by atoms with Crippen molar-refractivity contribution in [2.75, 3.05) is 0 Å². The van der Waals surface area contributed by atoms with Crippen molar-refractivity contribution in [2.45, 2.75) is 260 Å². The molecule has 6 fully saturated rings. The molecule has 7 aliphatic rings. The first-order chi connectivity index (χ1) is 33.1. The molecule has 7 rings (SSSR count). The van der Waals surface area contributed by atoms with Gasteiger partial charge in [-0.05, 0) is 174 Å². The maximum absolute atomic E-state index is 3.25. The van der Waals surface area contributed by atoms with Gasteiger partial charge in [-0.2, -0.15) is 19.3 Å². The van der Waals surface area contributed by atoms with Gasteiger partial charge in [-0.25, -0.2) is 0 Å². The Hall–Kier alpha value is 3.22. The molecule has 1 radical (unpaired) electrons. The van der Waals surface area contributed by atoms with Gasteiger partial charge in [-0.3, -0.25) is 0 Å². The van der Waals surface area contributed by atoms with Gasteiger partial charge in [0.2, 0.25) is 0 Å². The van der Waals surface area contributed by atoms with E-state index in [-0.39, 0.29) is 228 Å². The van der Waals surface area contributed by atoms with E-state index in [1.807, 2.05) is 27.7 Å². The fourth-order valence-corrected chi connectivity index (χ4v) is 13.9. The van der Waals surface area contributed by atoms with Crippen LogP contribution in [0, 0.1) is 285 Å². The molecule has 0 heterocycles. The molecule has 6 saturated carbocycles. The Morgan fingerprint density at radius 3 is 0.402 bits per heavy atom. The zero-order valence-corrected chi connectivity index (χ0v) is 83.0. The Morgan fingerprint density at radius 2 is 0.348 bits per heavy atom. The SMILES string of the molecule is C1=CCC/C=C\CC1.CC.CC.CC1C(C)C(C)C(C)C1C.CC1C(C)C(C)C(C)C1C.CC1C(C)C(C)C(C)C1C.CC1C(C)C(C)C(C)C1C.CC1CC(C)C(C)C1C.CC1[CH-]CC(C)C1C.[CH2-]C.[CH3-].[CH3-].[CH3-].[CH3-].[CH3-].[CH3-].[CH3-].[CH3-].[CH3-].[CH3-].[CH3-].[CH3-].[CH3-].[CH3-].[CH3-].[Ru+2].[Ru+2].[Ru+4].[Ru+4].[Ru+4].[Ru+]. The molecule has 7 unspecified atom stereocenters. The predicted octanol–water partition coefficient (Wildman–Crippen LogP) is 30.5. The Labute approximate surface area is 679 Å². The van der Waals surface area contributed by atoms with Crippen molar-refractivity contribution in [3.05, 3.63) is 149 Å². The van der Waals surface area contributed by atoms with Crippen LogP contribution in [0.2, 0.25) is 0 Å². The van der Waals surface area contributed by atoms with Gasteiger partial charge < -0.3 is 125 Å². The summed E-state index contributed by atoms with van der Waals surface area (Å²) in [4.78, 5) is 0. The van der Waals surface area contributed by atoms with E-state index >= 15 is 0 Å². The average Bonchev–Trinajstić information content (AvgIpc) is 4.00. The molecule has 6 heteroatoms. The summed E-state index contributed by atoms with van der Waals surface area (Å²) >= 11 is 0. The molecule has 0 aromatic heterocycles. The van der Waals surface area contributed by atoms with E-state index in [4.69, 9.17) is 0 Å². The van der Waals surface area contributed by atoms with Crippen LogP contribution in [0.1, 0.15) is 260 Å². The predicted molar refractivity (Wildman–Crippen MR) is 428 cm³/mol. The van der Waals surface area contributed by atoms with Gasteiger partial charge in [0.1, 0.15) is 0 Å². The summed E-state index contributed by atoms with van der Waals surface area (Å²) in [6.45, 7) is 77.5. The Balaban J connectivity index is -0.0000000253. The minimum Gasteiger partial charge on any atom is -0.358 e. The maximum atomic E-state index is 3.25. The molecule has 7 atom stereocenters. The molecule has 0 aromatic carbocycles. The van der Waals surface area contributed by atoms with Crippen LogP contribution < -0.4 is 0 Å². The largest absolute Gasteiger partial charge is 4.00 e. The fourth-order valence-electron chi connectivity index (χ4n) is 13.9. The Morgan fingerprint density at radius 1 is 0.228 bits per heavy atom. The van der Waals surface area contributed by atoms with Gasteiger partial charge in [-0.15, -0.1) is 0 Å². The van der Waals surface area contributed by atoms with Crippen molar-refractivity contribution in [3.63, 3.8) is 0 Å². The Kier molecular flexibility index (Phi) is 164. The van der Waals surface area contributed by atoms with Crippen LogP contribution in [-0.2, 0) is 117 Å². The van der Waals surface area contributed by atoms with Gasteiger partial charge in [0.15, 0.2) is 0 Å². The summed E-state index contributed by atoms with van der Waals surface area (Å²) in [5, 5.41) is 0. The molecule has 0 spiro atoms. The van der Waals surface area contributed by atoms with Crippen LogP contribution in [0.25, 0.3) is 0 Å². The van der Waals surface area contributed by atoms with E-state index in [1.54, 1.807) is 6.92 Å². The van der Waals surface area contributed by atoms with E-state index in [0.29, 0.717) is 0 Å². The van der Waals surface area contributed by atoms with Crippen LogP contribution in [0.5, 0.6) is 0 Å². The zero-order valence-electron chi connectivity index (χ0n) is 72.5. The van der Waals surface area contributed by atoms with Crippen molar-refractivity contribution in [2.24, 2.45) is 160 Å². The van der Waals surface area contributed by atoms with Gasteiger partial charge >= 0.3 is 117 Å². The van der Waals surface area contributed by atoms with Crippen LogP contribution in [-0.4, -0.2) is 0 Å². The number of hydrogen-bond donors (Lipinski definition) is 0. The fraction of sp³-hybridized carbons (Fsp3) is 0.756. The van der Waals surface area contributed by atoms with E-state index in [0.717, 1.165) is 160 Å². The smallest absolute Gasteiger partial charge is 0.358 e. The van der Waals surface area contributed by atoms with Crippen LogP contribution in [0.15, 0.2) is 24.3 Å². The van der Waals surface area contributed by atoms with Gasteiger partial charge in [-0.1, -0.05) is 251 Å². The summed E-state index contributed by atoms with van der Waals surface area (Å²) in [5.41, 5.74) is 0. The minimum absolute atomic E-state index is 0. The van der Waals surface area contributed by atoms with Crippen molar-refractivity contribution in [1.82, 2.24) is 0 Å². The molecular formula is C86H187Ru6. The summed E-state index contributed by atoms with van der Waals surface area (Å²) in [6, 6.07) is 0. The molecule has 0 aromatic rings. The number of allylic oxidation sites excluding steroid dienone is 4. The standard InChI is InChI=1S/4C10H20.C9H18.C8H15.C8H12.2C2H6.C2H5.15CH3.6Ru/c4*1-6-7(2)9(4)10(5)8(6)3;1-6-5-7(2)9(4)8(6)3;1-6-4-5-7(2)8(6)3;1-2-4-6-8-7-5-3-1;3*1-2;;;;;;;;;;;;;;;;;;;;;/h4*6-10H,1-5H3;6-9H,5H2,1-4H3;4,6-8H,5H2,1-3H3;1-2,7-8H,3-6H2;2*1-2H3;1H2,2H3;15*1H3;;;;;;/q;;;;;-1;;;;16*-1;+1;2*+2;3*+4/b;;;;;;2-1-,8-7?;;;;;;;;;;;;;;;;;;;;;;;;. The second-order valence-electron chi connectivity index (χ2n) is 26.4. The van der Waals surface area contributed by atoms with Crippen LogP contribution in [0.4, 0.5) is 0 Å². The molecule has 0 amide bonds. The first-order valence-corrected chi connectivity index (χ1v) is 31.9. The first-order valence-electron chi connectivity index (χ1n) is 31.9. The molecule has 0 nitrogen and oxygen atoms in total. The number of rotatable bonds is 0. The van der Waals surface area contributed by atoms with E-state index in [2.05, 4.69) is 225 Å². The third kappa shape index (κ3) is 54.9. The summed E-state index contributed by atoms with van der Waals surface area (Å²) in [7, 11) is 0. The average molecular weight is 1830 g/mol. The summed E-state index contributed by atoms with van der Waals surface area (Å²) in [6.07, 6.45) is 19.2. The van der Waals surface area contributed by atoms with E-state index in [1.165, 1.54) is 38.5 Å². The van der Waals surface area contributed by atoms with Crippen molar-refractivity contribution < 1.29 is 117 Å². The van der Waals surface area contributed by atoms with E-state index in [9.17, 15) is 0 Å². The van der Waals surface area contributed by atoms with Crippen molar-refractivity contribution >= 4 is 0 Å². The second-order valence-corrected chi connectivity index (χ2v) is 26.4. The van der Waals surface area contributed by atoms with Crippen LogP contribution >= 0.6 is 0 Å². The third-order valence-electron chi connectivity index (χ3n) is 23.9. The molecule has 0 aliphatic heterocycles. The van der Waals surface area contributed by atoms with Crippen LogP contribution in [0.3, 0.4) is 0 Å². The van der Waals surface area contributed by atoms with Gasteiger partial charge in [0, 0.05) is 0 Å². The zero-order chi connectivity index (χ0) is 56.4. The van der Waals surface area contributed by atoms with Crippen molar-refractivity contribution in [3.8, 4) is 0 Å². The van der Waals surface area contributed by atoms with Gasteiger partial charge in [0.05, 0.1) is 0 Å². The molecular weight excluding hydrogens is 1640 g/mol. The molecule has 0 saturated heterocycles. The molecule has 0 bridgehead atoms. The summed E-state index contributed by atoms with van der Waals surface area (Å²) in [5.74, 6) is 25.3. The quantitative estimate of drug-likeness (QED) is 0.129. The van der Waals surface area contributed by atoms with Crippen molar-refractivity contribution in [1.29, 1.82) is 0 Å².